The van der Waals surface area contributed by atoms with Gasteiger partial charge in [0.2, 0.25) is 5.91 Å². The third kappa shape index (κ3) is 3.96. The Labute approximate surface area is 140 Å². The van der Waals surface area contributed by atoms with Crippen molar-refractivity contribution in [3.05, 3.63) is 22.1 Å². The third-order valence-electron chi connectivity index (χ3n) is 3.75. The van der Waals surface area contributed by atoms with Gasteiger partial charge in [0.05, 0.1) is 11.3 Å². The highest BCUT2D eigenvalue weighted by Gasteiger charge is 2.15. The first-order valence-electron chi connectivity index (χ1n) is 7.94. The fourth-order valence-corrected chi connectivity index (χ4v) is 3.36. The smallest absolute Gasteiger partial charge is 0.278 e. The second-order valence-electron chi connectivity index (χ2n) is 5.61. The molecule has 6 nitrogen and oxygen atoms in total. The van der Waals surface area contributed by atoms with E-state index in [1.165, 1.54) is 11.8 Å². The van der Waals surface area contributed by atoms with Crippen molar-refractivity contribution in [1.82, 2.24) is 19.4 Å². The van der Waals surface area contributed by atoms with Crippen molar-refractivity contribution >= 4 is 28.7 Å². The molecule has 0 aromatic carbocycles. The van der Waals surface area contributed by atoms with E-state index in [4.69, 9.17) is 0 Å². The lowest BCUT2D eigenvalue weighted by atomic mass is 10.3. The lowest BCUT2D eigenvalue weighted by Gasteiger charge is -2.16. The van der Waals surface area contributed by atoms with Crippen molar-refractivity contribution < 1.29 is 4.79 Å². The maximum absolute atomic E-state index is 12.5. The van der Waals surface area contributed by atoms with Gasteiger partial charge < -0.3 is 9.88 Å². The molecule has 23 heavy (non-hydrogen) atoms. The highest BCUT2D eigenvalue weighted by atomic mass is 32.2. The van der Waals surface area contributed by atoms with E-state index in [-0.39, 0.29) is 11.5 Å². The fraction of sp³-hybridized carbons (Fsp3) is 0.562. The summed E-state index contributed by atoms with van der Waals surface area (Å²) >= 11 is 1.33. The van der Waals surface area contributed by atoms with Crippen molar-refractivity contribution in [2.24, 2.45) is 0 Å². The number of hydrogen-bond acceptors (Lipinski definition) is 4. The molecule has 2 heterocycles. The number of thioether (sulfide) groups is 1. The van der Waals surface area contributed by atoms with E-state index < -0.39 is 0 Å². The molecular formula is C16H24N4O2S. The number of fused-ring (bicyclic) bond motifs is 1. The number of aromatic nitrogens is 3. The summed E-state index contributed by atoms with van der Waals surface area (Å²) in [6, 6.07) is 1.86. The van der Waals surface area contributed by atoms with Gasteiger partial charge in [0, 0.05) is 25.8 Å². The maximum Gasteiger partial charge on any atom is 0.278 e. The summed E-state index contributed by atoms with van der Waals surface area (Å²) in [5, 5.41) is 0.598. The van der Waals surface area contributed by atoms with Gasteiger partial charge in [-0.25, -0.2) is 4.98 Å². The molecule has 0 aliphatic rings. The van der Waals surface area contributed by atoms with Gasteiger partial charge >= 0.3 is 0 Å². The largest absolute Gasteiger partial charge is 0.353 e. The zero-order chi connectivity index (χ0) is 17.0. The number of nitrogens with zero attached hydrogens (tertiary/aromatic N) is 3. The van der Waals surface area contributed by atoms with Crippen LogP contribution in [0.2, 0.25) is 0 Å². The summed E-state index contributed by atoms with van der Waals surface area (Å²) in [6.07, 6.45) is 2.06. The number of rotatable bonds is 7. The first-order valence-corrected chi connectivity index (χ1v) is 8.93. The van der Waals surface area contributed by atoms with Crippen LogP contribution in [0, 0.1) is 6.92 Å². The normalized spacial score (nSPS) is 11.1. The van der Waals surface area contributed by atoms with Crippen LogP contribution in [0.15, 0.2) is 16.0 Å². The molecule has 0 unspecified atom stereocenters. The monoisotopic (exact) mass is 336 g/mol. The van der Waals surface area contributed by atoms with Crippen molar-refractivity contribution in [2.75, 3.05) is 19.3 Å². The van der Waals surface area contributed by atoms with Gasteiger partial charge in [-0.1, -0.05) is 25.1 Å². The number of aryl methyl sites for hydroxylation is 1. The Morgan fingerprint density at radius 1 is 1.43 bits per heavy atom. The molecule has 0 saturated carbocycles. The number of unbranched alkanes of at least 4 members (excludes halogenated alkanes) is 1. The summed E-state index contributed by atoms with van der Waals surface area (Å²) in [7, 11) is 1.82. The van der Waals surface area contributed by atoms with E-state index in [0.29, 0.717) is 28.5 Å². The second kappa shape index (κ2) is 7.68. The van der Waals surface area contributed by atoms with E-state index in [9.17, 15) is 9.59 Å². The van der Waals surface area contributed by atoms with Crippen LogP contribution in [0.3, 0.4) is 0 Å². The standard InChI is InChI=1S/C16H24N4O2S/c1-5-7-8-19(4)13(21)10-23-16-18-12-9-11(3)17-14(12)15(22)20(16)6-2/h9,17H,5-8,10H2,1-4H3. The van der Waals surface area contributed by atoms with E-state index >= 15 is 0 Å². The molecular weight excluding hydrogens is 312 g/mol. The Kier molecular flexibility index (Phi) is 5.87. The highest BCUT2D eigenvalue weighted by Crippen LogP contribution is 2.18. The Balaban J connectivity index is 2.19. The first-order chi connectivity index (χ1) is 11.0. The summed E-state index contributed by atoms with van der Waals surface area (Å²) in [5.74, 6) is 0.354. The average Bonchev–Trinajstić information content (AvgIpc) is 2.91. The molecule has 1 N–H and O–H groups in total. The molecule has 2 aromatic heterocycles. The predicted molar refractivity (Wildman–Crippen MR) is 94.0 cm³/mol. The van der Waals surface area contributed by atoms with E-state index in [1.54, 1.807) is 9.47 Å². The number of H-pyrrole nitrogens is 1. The van der Waals surface area contributed by atoms with Crippen LogP contribution < -0.4 is 5.56 Å². The number of carbonyl (C=O) groups is 1. The molecule has 0 aliphatic carbocycles. The van der Waals surface area contributed by atoms with Crippen LogP contribution in [0.5, 0.6) is 0 Å². The molecule has 0 bridgehead atoms. The number of carbonyl (C=O) groups excluding carboxylic acids is 1. The van der Waals surface area contributed by atoms with Crippen molar-refractivity contribution in [3.8, 4) is 0 Å². The Morgan fingerprint density at radius 3 is 2.83 bits per heavy atom. The zero-order valence-corrected chi connectivity index (χ0v) is 15.0. The second-order valence-corrected chi connectivity index (χ2v) is 6.56. The fourth-order valence-electron chi connectivity index (χ4n) is 2.36. The minimum atomic E-state index is -0.0834. The molecule has 0 radical (unpaired) electrons. The lowest BCUT2D eigenvalue weighted by molar-refractivity contribution is -0.127. The van der Waals surface area contributed by atoms with Gasteiger partial charge in [-0.2, -0.15) is 0 Å². The molecule has 126 valence electrons. The summed E-state index contributed by atoms with van der Waals surface area (Å²) in [5.41, 5.74) is 2.01. The third-order valence-corrected chi connectivity index (χ3v) is 4.71. The van der Waals surface area contributed by atoms with Gasteiger partial charge in [-0.15, -0.1) is 0 Å². The number of amides is 1. The maximum atomic E-state index is 12.5. The first kappa shape index (κ1) is 17.6. The number of aromatic amines is 1. The van der Waals surface area contributed by atoms with Crippen LogP contribution >= 0.6 is 11.8 Å². The zero-order valence-electron chi connectivity index (χ0n) is 14.2. The summed E-state index contributed by atoms with van der Waals surface area (Å²) in [6.45, 7) is 7.20. The molecule has 2 aromatic rings. The molecule has 1 amide bonds. The van der Waals surface area contributed by atoms with Gasteiger partial charge in [0.1, 0.15) is 5.52 Å². The molecule has 2 rings (SSSR count). The van der Waals surface area contributed by atoms with Crippen LogP contribution in [0.4, 0.5) is 0 Å². The van der Waals surface area contributed by atoms with Gasteiger partial charge in [-0.05, 0) is 26.3 Å². The lowest BCUT2D eigenvalue weighted by Crippen LogP contribution is -2.30. The summed E-state index contributed by atoms with van der Waals surface area (Å²) in [4.78, 5) is 34.0. The van der Waals surface area contributed by atoms with E-state index in [1.807, 2.05) is 27.0 Å². The van der Waals surface area contributed by atoms with Crippen molar-refractivity contribution in [3.63, 3.8) is 0 Å². The van der Waals surface area contributed by atoms with Crippen LogP contribution in [-0.2, 0) is 11.3 Å². The molecule has 0 fully saturated rings. The van der Waals surface area contributed by atoms with Crippen molar-refractivity contribution in [1.29, 1.82) is 0 Å². The SMILES string of the molecule is CCCCN(C)C(=O)CSc1nc2cc(C)[nH]c2c(=O)n1CC. The number of nitrogens with one attached hydrogen (secondary N) is 1. The van der Waals surface area contributed by atoms with E-state index in [0.717, 1.165) is 25.1 Å². The molecule has 0 aliphatic heterocycles. The highest BCUT2D eigenvalue weighted by molar-refractivity contribution is 7.99. The van der Waals surface area contributed by atoms with Crippen LogP contribution in [-0.4, -0.2) is 44.7 Å². The topological polar surface area (TPSA) is 71.0 Å². The Hall–Kier alpha value is -1.76. The minimum absolute atomic E-state index is 0.0608. The molecule has 0 atom stereocenters. The Morgan fingerprint density at radius 2 is 2.17 bits per heavy atom. The molecule has 0 saturated heterocycles. The van der Waals surface area contributed by atoms with Crippen LogP contribution in [0.1, 0.15) is 32.4 Å². The minimum Gasteiger partial charge on any atom is -0.353 e. The average molecular weight is 336 g/mol. The quantitative estimate of drug-likeness (QED) is 0.622. The Bertz CT molecular complexity index is 750. The van der Waals surface area contributed by atoms with Crippen LogP contribution in [0.25, 0.3) is 11.0 Å². The van der Waals surface area contributed by atoms with E-state index in [2.05, 4.69) is 16.9 Å². The predicted octanol–water partition coefficient (Wildman–Crippen LogP) is 2.40. The van der Waals surface area contributed by atoms with Gasteiger partial charge in [-0.3, -0.25) is 14.2 Å². The van der Waals surface area contributed by atoms with Gasteiger partial charge in [0.15, 0.2) is 5.16 Å². The summed E-state index contributed by atoms with van der Waals surface area (Å²) < 4.78 is 1.61. The number of hydrogen-bond donors (Lipinski definition) is 1. The van der Waals surface area contributed by atoms with Crippen molar-refractivity contribution in [2.45, 2.75) is 45.3 Å². The van der Waals surface area contributed by atoms with Gasteiger partial charge in [0.25, 0.3) is 5.56 Å². The molecule has 0 spiro atoms. The molecule has 7 heteroatoms.